The van der Waals surface area contributed by atoms with Crippen molar-refractivity contribution in [2.24, 2.45) is 5.92 Å². The Morgan fingerprint density at radius 1 is 1.32 bits per heavy atom. The molecule has 0 spiro atoms. The minimum atomic E-state index is -0.953. The number of pyridine rings is 1. The number of halogens is 1. The van der Waals surface area contributed by atoms with E-state index >= 15 is 0 Å². The largest absolute Gasteiger partial charge is 0.480 e. The van der Waals surface area contributed by atoms with Crippen LogP contribution in [0.4, 0.5) is 0 Å². The van der Waals surface area contributed by atoms with Crippen LogP contribution in [-0.4, -0.2) is 39.0 Å². The van der Waals surface area contributed by atoms with Crippen molar-refractivity contribution < 1.29 is 14.7 Å². The summed E-state index contributed by atoms with van der Waals surface area (Å²) in [6.07, 6.45) is 5.82. The topological polar surface area (TPSA) is 90.5 Å². The molecule has 2 N–H and O–H groups in total. The second kappa shape index (κ2) is 5.87. The third-order valence-corrected chi connectivity index (χ3v) is 5.30. The van der Waals surface area contributed by atoms with E-state index in [9.17, 15) is 19.5 Å². The predicted octanol–water partition coefficient (Wildman–Crippen LogP) is 2.00. The van der Waals surface area contributed by atoms with Crippen LogP contribution in [0.3, 0.4) is 0 Å². The van der Waals surface area contributed by atoms with Crippen LogP contribution >= 0.6 is 15.9 Å². The Kier molecular flexibility index (Phi) is 4.08. The van der Waals surface area contributed by atoms with Gasteiger partial charge in [-0.15, -0.1) is 0 Å². The summed E-state index contributed by atoms with van der Waals surface area (Å²) < 4.78 is 0.268. The van der Waals surface area contributed by atoms with Crippen molar-refractivity contribution in [1.29, 1.82) is 0 Å². The minimum Gasteiger partial charge on any atom is -0.480 e. The highest BCUT2D eigenvalue weighted by molar-refractivity contribution is 9.10. The maximum atomic E-state index is 12.8. The van der Waals surface area contributed by atoms with Gasteiger partial charge in [0.25, 0.3) is 11.5 Å². The number of nitrogens with zero attached hydrogens (tertiary/aromatic N) is 1. The first-order chi connectivity index (χ1) is 10.5. The molecule has 2 heterocycles. The Hall–Kier alpha value is -1.63. The highest BCUT2D eigenvalue weighted by Crippen LogP contribution is 2.40. The van der Waals surface area contributed by atoms with Crippen molar-refractivity contribution in [3.8, 4) is 0 Å². The molecule has 7 heteroatoms. The van der Waals surface area contributed by atoms with Gasteiger partial charge in [-0.2, -0.15) is 0 Å². The number of carboxylic acids is 1. The number of hydrogen-bond donors (Lipinski definition) is 2. The van der Waals surface area contributed by atoms with E-state index in [0.29, 0.717) is 12.0 Å². The molecule has 1 saturated heterocycles. The zero-order chi connectivity index (χ0) is 15.9. The van der Waals surface area contributed by atoms with E-state index in [4.69, 9.17) is 0 Å². The Labute approximate surface area is 135 Å². The summed E-state index contributed by atoms with van der Waals surface area (Å²) in [7, 11) is 0. The molecule has 2 aliphatic rings. The lowest BCUT2D eigenvalue weighted by Crippen LogP contribution is -2.46. The summed E-state index contributed by atoms with van der Waals surface area (Å²) in [6, 6.07) is 0.676. The van der Waals surface area contributed by atoms with Gasteiger partial charge in [0.2, 0.25) is 0 Å². The van der Waals surface area contributed by atoms with Crippen molar-refractivity contribution in [2.75, 3.05) is 0 Å². The summed E-state index contributed by atoms with van der Waals surface area (Å²) in [5.74, 6) is -1.00. The molecule has 3 atom stereocenters. The second-order valence-electron chi connectivity index (χ2n) is 5.98. The van der Waals surface area contributed by atoms with Gasteiger partial charge in [0.15, 0.2) is 0 Å². The number of likely N-dealkylation sites (tertiary alicyclic amines) is 1. The molecule has 6 nitrogen and oxygen atoms in total. The van der Waals surface area contributed by atoms with Crippen molar-refractivity contribution in [1.82, 2.24) is 9.88 Å². The number of aliphatic carboxylic acids is 1. The summed E-state index contributed by atoms with van der Waals surface area (Å²) in [6.45, 7) is 0. The highest BCUT2D eigenvalue weighted by atomic mass is 79.9. The monoisotopic (exact) mass is 368 g/mol. The van der Waals surface area contributed by atoms with E-state index in [1.807, 2.05) is 0 Å². The molecule has 22 heavy (non-hydrogen) atoms. The van der Waals surface area contributed by atoms with Gasteiger partial charge >= 0.3 is 5.97 Å². The van der Waals surface area contributed by atoms with Crippen molar-refractivity contribution >= 4 is 27.8 Å². The number of carboxylic acid groups (broad SMARTS) is 1. The quantitative estimate of drug-likeness (QED) is 0.834. The highest BCUT2D eigenvalue weighted by Gasteiger charge is 2.47. The Bertz CT molecular complexity index is 672. The van der Waals surface area contributed by atoms with Crippen molar-refractivity contribution in [2.45, 2.75) is 44.2 Å². The fourth-order valence-corrected chi connectivity index (χ4v) is 4.06. The zero-order valence-corrected chi connectivity index (χ0v) is 13.5. The molecule has 1 aromatic heterocycles. The molecule has 0 unspecified atom stereocenters. The van der Waals surface area contributed by atoms with E-state index in [1.165, 1.54) is 17.2 Å². The number of rotatable bonds is 2. The second-order valence-corrected chi connectivity index (χ2v) is 6.83. The summed E-state index contributed by atoms with van der Waals surface area (Å²) in [5.41, 5.74) is -0.00718. The lowest BCUT2D eigenvalue weighted by Gasteiger charge is -2.33. The molecular formula is C15H17BrN2O4. The number of fused-ring (bicyclic) bond motifs is 1. The molecule has 1 aliphatic heterocycles. The number of nitrogens with one attached hydrogen (secondary N) is 1. The van der Waals surface area contributed by atoms with Crippen molar-refractivity contribution in [3.63, 3.8) is 0 Å². The van der Waals surface area contributed by atoms with Gasteiger partial charge in [-0.3, -0.25) is 9.59 Å². The zero-order valence-electron chi connectivity index (χ0n) is 11.9. The molecule has 118 valence electrons. The maximum absolute atomic E-state index is 12.8. The van der Waals surface area contributed by atoms with Crippen LogP contribution in [0.15, 0.2) is 21.5 Å². The molecule has 1 saturated carbocycles. The first kappa shape index (κ1) is 15.3. The van der Waals surface area contributed by atoms with Gasteiger partial charge in [-0.1, -0.05) is 12.8 Å². The van der Waals surface area contributed by atoms with Gasteiger partial charge in [0.1, 0.15) is 6.04 Å². The number of amides is 1. The van der Waals surface area contributed by atoms with Gasteiger partial charge in [0, 0.05) is 12.2 Å². The van der Waals surface area contributed by atoms with Crippen LogP contribution in [0, 0.1) is 5.92 Å². The first-order valence-corrected chi connectivity index (χ1v) is 8.22. The Morgan fingerprint density at radius 3 is 2.73 bits per heavy atom. The smallest absolute Gasteiger partial charge is 0.326 e. The summed E-state index contributed by atoms with van der Waals surface area (Å²) in [4.78, 5) is 39.8. The standard InChI is InChI=1S/C15H17BrN2O4/c16-10-5-9(7-17-13(10)19)14(20)18-11-4-2-1-3-8(11)6-12(18)15(21)22/h5,7-8,11-12H,1-4,6H2,(H,17,19)(H,21,22)/t8-,11+,12+/m1/s1. The molecule has 0 radical (unpaired) electrons. The van der Waals surface area contributed by atoms with E-state index in [1.54, 1.807) is 0 Å². The van der Waals surface area contributed by atoms with E-state index in [-0.39, 0.29) is 27.9 Å². The lowest BCUT2D eigenvalue weighted by atomic mass is 9.84. The number of hydrogen-bond acceptors (Lipinski definition) is 3. The molecule has 3 rings (SSSR count). The number of H-pyrrole nitrogens is 1. The fourth-order valence-electron chi connectivity index (χ4n) is 3.70. The third-order valence-electron chi connectivity index (χ3n) is 4.71. The van der Waals surface area contributed by atoms with Crippen LogP contribution in [0.2, 0.25) is 0 Å². The van der Waals surface area contributed by atoms with Gasteiger partial charge in [-0.05, 0) is 47.2 Å². The van der Waals surface area contributed by atoms with E-state index in [0.717, 1.165) is 25.7 Å². The van der Waals surface area contributed by atoms with Gasteiger partial charge in [-0.25, -0.2) is 4.79 Å². The molecule has 0 bridgehead atoms. The number of aromatic amines is 1. The maximum Gasteiger partial charge on any atom is 0.326 e. The third kappa shape index (κ3) is 2.58. The summed E-state index contributed by atoms with van der Waals surface area (Å²) in [5, 5.41) is 9.46. The Balaban J connectivity index is 1.95. The van der Waals surface area contributed by atoms with Crippen LogP contribution in [0.5, 0.6) is 0 Å². The van der Waals surface area contributed by atoms with Crippen LogP contribution < -0.4 is 5.56 Å². The number of carbonyl (C=O) groups is 2. The van der Waals surface area contributed by atoms with Gasteiger partial charge in [0.05, 0.1) is 10.0 Å². The van der Waals surface area contributed by atoms with Crippen LogP contribution in [0.25, 0.3) is 0 Å². The lowest BCUT2D eigenvalue weighted by molar-refractivity contribution is -0.141. The van der Waals surface area contributed by atoms with Gasteiger partial charge < -0.3 is 15.0 Å². The molecular weight excluding hydrogens is 352 g/mol. The van der Waals surface area contributed by atoms with E-state index in [2.05, 4.69) is 20.9 Å². The average Bonchev–Trinajstić information content (AvgIpc) is 2.89. The molecule has 1 amide bonds. The fraction of sp³-hybridized carbons (Fsp3) is 0.533. The minimum absolute atomic E-state index is 0.00643. The number of carbonyl (C=O) groups excluding carboxylic acids is 1. The Morgan fingerprint density at radius 2 is 2.05 bits per heavy atom. The molecule has 1 aliphatic carbocycles. The SMILES string of the molecule is O=C(O)[C@@H]1C[C@H]2CCCC[C@@H]2N1C(=O)c1c[nH]c(=O)c(Br)c1. The molecule has 0 aromatic carbocycles. The average molecular weight is 369 g/mol. The first-order valence-electron chi connectivity index (χ1n) is 7.42. The van der Waals surface area contributed by atoms with E-state index < -0.39 is 12.0 Å². The normalized spacial score (nSPS) is 27.5. The van der Waals surface area contributed by atoms with Crippen LogP contribution in [0.1, 0.15) is 42.5 Å². The summed E-state index contributed by atoms with van der Waals surface area (Å²) >= 11 is 3.11. The number of aromatic nitrogens is 1. The van der Waals surface area contributed by atoms with Crippen molar-refractivity contribution in [3.05, 3.63) is 32.7 Å². The van der Waals surface area contributed by atoms with Crippen LogP contribution in [-0.2, 0) is 4.79 Å². The molecule has 2 fully saturated rings. The predicted molar refractivity (Wildman–Crippen MR) is 82.7 cm³/mol. The molecule has 1 aromatic rings.